The minimum atomic E-state index is -0.577. The third kappa shape index (κ3) is 5.68. The summed E-state index contributed by atoms with van der Waals surface area (Å²) in [7, 11) is 1.42. The van der Waals surface area contributed by atoms with Crippen LogP contribution in [-0.2, 0) is 11.3 Å². The van der Waals surface area contributed by atoms with E-state index in [1.807, 2.05) is 11.8 Å². The quantitative estimate of drug-likeness (QED) is 0.732. The number of amides is 1. The number of halogens is 3. The maximum Gasteiger partial charge on any atom is 0.225 e. The summed E-state index contributed by atoms with van der Waals surface area (Å²) in [6.45, 7) is 3.61. The Hall–Kier alpha value is -2.18. The van der Waals surface area contributed by atoms with E-state index in [1.165, 1.54) is 25.3 Å². The van der Waals surface area contributed by atoms with Gasteiger partial charge in [0.15, 0.2) is 11.6 Å². The van der Waals surface area contributed by atoms with E-state index in [0.717, 1.165) is 11.6 Å². The first-order valence-corrected chi connectivity index (χ1v) is 8.60. The van der Waals surface area contributed by atoms with Crippen molar-refractivity contribution in [3.05, 3.63) is 58.6 Å². The molecule has 0 fully saturated rings. The second-order valence-corrected chi connectivity index (χ2v) is 6.20. The molecule has 26 heavy (non-hydrogen) atoms. The van der Waals surface area contributed by atoms with Crippen molar-refractivity contribution in [1.82, 2.24) is 4.90 Å². The van der Waals surface area contributed by atoms with Gasteiger partial charge >= 0.3 is 0 Å². The second kappa shape index (κ2) is 9.50. The average molecular weight is 383 g/mol. The number of ether oxygens (including phenoxy) is 1. The van der Waals surface area contributed by atoms with Gasteiger partial charge in [-0.25, -0.2) is 8.78 Å². The Morgan fingerprint density at radius 2 is 1.96 bits per heavy atom. The van der Waals surface area contributed by atoms with Gasteiger partial charge in [-0.05, 0) is 42.4 Å². The lowest BCUT2D eigenvalue weighted by Crippen LogP contribution is -2.27. The van der Waals surface area contributed by atoms with Gasteiger partial charge in [-0.3, -0.25) is 9.69 Å². The maximum atomic E-state index is 13.8. The van der Waals surface area contributed by atoms with Gasteiger partial charge in [0.1, 0.15) is 5.82 Å². The Morgan fingerprint density at radius 3 is 2.58 bits per heavy atom. The largest absolute Gasteiger partial charge is 0.494 e. The van der Waals surface area contributed by atoms with Crippen LogP contribution in [0.3, 0.4) is 0 Å². The molecule has 7 heteroatoms. The topological polar surface area (TPSA) is 41.6 Å². The molecule has 0 atom stereocenters. The highest BCUT2D eigenvalue weighted by molar-refractivity contribution is 6.30. The summed E-state index contributed by atoms with van der Waals surface area (Å²) in [5, 5.41) is 2.80. The molecule has 0 bridgehead atoms. The number of hydrogen-bond donors (Lipinski definition) is 1. The van der Waals surface area contributed by atoms with Crippen LogP contribution in [0.15, 0.2) is 36.4 Å². The molecule has 1 N–H and O–H groups in total. The zero-order valence-corrected chi connectivity index (χ0v) is 15.4. The van der Waals surface area contributed by atoms with Crippen LogP contribution in [0.2, 0.25) is 5.02 Å². The molecule has 0 saturated heterocycles. The van der Waals surface area contributed by atoms with E-state index < -0.39 is 11.6 Å². The number of nitrogens with one attached hydrogen (secondary N) is 1. The summed E-state index contributed by atoms with van der Waals surface area (Å²) in [5.41, 5.74) is 0.883. The smallest absolute Gasteiger partial charge is 0.225 e. The van der Waals surface area contributed by atoms with E-state index in [-0.39, 0.29) is 28.8 Å². The highest BCUT2D eigenvalue weighted by Crippen LogP contribution is 2.20. The van der Waals surface area contributed by atoms with Crippen LogP contribution in [0.1, 0.15) is 18.9 Å². The SMILES string of the molecule is CCN(CCC(=O)Nc1ccc(Cl)cc1F)Cc1ccc(OC)c(F)c1. The molecule has 0 spiro atoms. The predicted octanol–water partition coefficient (Wildman–Crippen LogP) is 4.48. The van der Waals surface area contributed by atoms with Gasteiger partial charge in [0, 0.05) is 24.5 Å². The molecular weight excluding hydrogens is 362 g/mol. The molecule has 0 aliphatic carbocycles. The zero-order chi connectivity index (χ0) is 19.1. The van der Waals surface area contributed by atoms with Crippen molar-refractivity contribution in [3.8, 4) is 5.75 Å². The molecule has 2 aromatic carbocycles. The molecule has 140 valence electrons. The zero-order valence-electron chi connectivity index (χ0n) is 14.7. The highest BCUT2D eigenvalue weighted by Gasteiger charge is 2.11. The van der Waals surface area contributed by atoms with Crippen LogP contribution in [0.4, 0.5) is 14.5 Å². The molecule has 0 aliphatic heterocycles. The standard InChI is InChI=1S/C19H21ClF2N2O2/c1-3-24(12-13-4-7-18(26-2)16(22)10-13)9-8-19(25)23-17-6-5-14(20)11-15(17)21/h4-7,10-11H,3,8-9,12H2,1-2H3,(H,23,25). The lowest BCUT2D eigenvalue weighted by Gasteiger charge is -2.20. The number of benzene rings is 2. The first-order chi connectivity index (χ1) is 12.4. The molecule has 0 saturated carbocycles. The number of carbonyl (C=O) groups excluding carboxylic acids is 1. The van der Waals surface area contributed by atoms with Gasteiger partial charge in [-0.2, -0.15) is 0 Å². The molecule has 1 amide bonds. The van der Waals surface area contributed by atoms with Crippen LogP contribution in [0.5, 0.6) is 5.75 Å². The van der Waals surface area contributed by atoms with E-state index >= 15 is 0 Å². The van der Waals surface area contributed by atoms with Crippen LogP contribution < -0.4 is 10.1 Å². The fourth-order valence-electron chi connectivity index (χ4n) is 2.48. The Morgan fingerprint density at radius 1 is 1.19 bits per heavy atom. The lowest BCUT2D eigenvalue weighted by molar-refractivity contribution is -0.116. The third-order valence-electron chi connectivity index (χ3n) is 3.93. The van der Waals surface area contributed by atoms with Gasteiger partial charge in [-0.1, -0.05) is 24.6 Å². The van der Waals surface area contributed by atoms with E-state index in [9.17, 15) is 13.6 Å². The molecule has 2 rings (SSSR count). The maximum absolute atomic E-state index is 13.8. The average Bonchev–Trinajstić information content (AvgIpc) is 2.61. The minimum absolute atomic E-state index is 0.0969. The molecule has 0 radical (unpaired) electrons. The normalized spacial score (nSPS) is 10.8. The summed E-state index contributed by atoms with van der Waals surface area (Å²) in [5.74, 6) is -1.10. The summed E-state index contributed by atoms with van der Waals surface area (Å²) in [4.78, 5) is 14.0. The molecule has 0 aliphatic rings. The van der Waals surface area contributed by atoms with Crippen LogP contribution >= 0.6 is 11.6 Å². The first kappa shape index (κ1) is 20.1. The second-order valence-electron chi connectivity index (χ2n) is 5.76. The van der Waals surface area contributed by atoms with E-state index in [2.05, 4.69) is 5.32 Å². The van der Waals surface area contributed by atoms with Crippen LogP contribution in [0.25, 0.3) is 0 Å². The first-order valence-electron chi connectivity index (χ1n) is 8.22. The lowest BCUT2D eigenvalue weighted by atomic mass is 10.2. The van der Waals surface area contributed by atoms with Crippen molar-refractivity contribution < 1.29 is 18.3 Å². The van der Waals surface area contributed by atoms with Crippen LogP contribution in [-0.4, -0.2) is 31.0 Å². The number of rotatable bonds is 8. The van der Waals surface area contributed by atoms with Crippen LogP contribution in [0, 0.1) is 11.6 Å². The van der Waals surface area contributed by atoms with E-state index in [0.29, 0.717) is 19.6 Å². The third-order valence-corrected chi connectivity index (χ3v) is 4.17. The molecule has 4 nitrogen and oxygen atoms in total. The number of carbonyl (C=O) groups is 1. The van der Waals surface area contributed by atoms with Crippen molar-refractivity contribution in [2.75, 3.05) is 25.5 Å². The molecular formula is C19H21ClF2N2O2. The Kier molecular flexibility index (Phi) is 7.36. The fraction of sp³-hybridized carbons (Fsp3) is 0.316. The molecule has 0 unspecified atom stereocenters. The van der Waals surface area contributed by atoms with Crippen molar-refractivity contribution in [3.63, 3.8) is 0 Å². The van der Waals surface area contributed by atoms with Crippen molar-refractivity contribution in [2.45, 2.75) is 19.9 Å². The minimum Gasteiger partial charge on any atom is -0.494 e. The van der Waals surface area contributed by atoms with E-state index in [4.69, 9.17) is 16.3 Å². The number of anilines is 1. The van der Waals surface area contributed by atoms with Gasteiger partial charge in [-0.15, -0.1) is 0 Å². The van der Waals surface area contributed by atoms with Gasteiger partial charge in [0.25, 0.3) is 0 Å². The van der Waals surface area contributed by atoms with Crippen molar-refractivity contribution >= 4 is 23.2 Å². The predicted molar refractivity (Wildman–Crippen MR) is 98.6 cm³/mol. The number of hydrogen-bond acceptors (Lipinski definition) is 3. The Balaban J connectivity index is 1.89. The summed E-state index contributed by atoms with van der Waals surface area (Å²) in [6.07, 6.45) is 0.189. The van der Waals surface area contributed by atoms with Crippen molar-refractivity contribution in [2.24, 2.45) is 0 Å². The van der Waals surface area contributed by atoms with Gasteiger partial charge in [0.2, 0.25) is 5.91 Å². The molecule has 2 aromatic rings. The molecule has 0 heterocycles. The van der Waals surface area contributed by atoms with Gasteiger partial charge in [0.05, 0.1) is 12.8 Å². The summed E-state index contributed by atoms with van der Waals surface area (Å²) in [6, 6.07) is 8.87. The Labute approximate surface area is 156 Å². The van der Waals surface area contributed by atoms with Crippen molar-refractivity contribution in [1.29, 1.82) is 0 Å². The fourth-order valence-corrected chi connectivity index (χ4v) is 2.64. The summed E-state index contributed by atoms with van der Waals surface area (Å²) >= 11 is 5.69. The highest BCUT2D eigenvalue weighted by atomic mass is 35.5. The monoisotopic (exact) mass is 382 g/mol. The Bertz CT molecular complexity index is 771. The van der Waals surface area contributed by atoms with E-state index in [1.54, 1.807) is 12.1 Å². The molecule has 0 aromatic heterocycles. The number of nitrogens with zero attached hydrogens (tertiary/aromatic N) is 1. The number of methoxy groups -OCH3 is 1. The van der Waals surface area contributed by atoms with Gasteiger partial charge < -0.3 is 10.1 Å². The summed E-state index contributed by atoms with van der Waals surface area (Å²) < 4.78 is 32.4.